The smallest absolute Gasteiger partial charge is 0.170 e. The van der Waals surface area contributed by atoms with E-state index in [1.54, 1.807) is 6.20 Å². The number of aromatic nitrogens is 1. The Morgan fingerprint density at radius 2 is 2.21 bits per heavy atom. The van der Waals surface area contributed by atoms with E-state index < -0.39 is 0 Å². The van der Waals surface area contributed by atoms with Gasteiger partial charge in [-0.1, -0.05) is 17.3 Å². The molecule has 0 aliphatic heterocycles. The molecule has 1 aromatic heterocycles. The van der Waals surface area contributed by atoms with E-state index in [2.05, 4.69) is 11.2 Å². The second-order valence-electron chi connectivity index (χ2n) is 3.41. The Morgan fingerprint density at radius 1 is 1.29 bits per heavy atom. The predicted octanol–water partition coefficient (Wildman–Crippen LogP) is 2.11. The van der Waals surface area contributed by atoms with Gasteiger partial charge in [-0.2, -0.15) is 0 Å². The fourth-order valence-corrected chi connectivity index (χ4v) is 1.61. The van der Waals surface area contributed by atoms with Crippen LogP contribution >= 0.6 is 0 Å². The first-order valence-corrected chi connectivity index (χ1v) is 4.94. The van der Waals surface area contributed by atoms with Crippen LogP contribution in [0.3, 0.4) is 0 Å². The highest BCUT2D eigenvalue weighted by molar-refractivity contribution is 5.79. The zero-order valence-electron chi connectivity index (χ0n) is 8.07. The van der Waals surface area contributed by atoms with Crippen LogP contribution in [0.25, 0.3) is 11.0 Å². The van der Waals surface area contributed by atoms with Crippen LogP contribution in [0, 0.1) is 0 Å². The molecule has 0 aliphatic carbocycles. The molecule has 0 radical (unpaired) electrons. The van der Waals surface area contributed by atoms with E-state index in [9.17, 15) is 0 Å². The van der Waals surface area contributed by atoms with Crippen molar-refractivity contribution in [2.24, 2.45) is 5.73 Å². The van der Waals surface area contributed by atoms with Crippen molar-refractivity contribution < 1.29 is 4.52 Å². The summed E-state index contributed by atoms with van der Waals surface area (Å²) in [5.41, 5.74) is 7.60. The van der Waals surface area contributed by atoms with Gasteiger partial charge in [0.2, 0.25) is 0 Å². The van der Waals surface area contributed by atoms with E-state index in [1.165, 1.54) is 5.56 Å². The largest absolute Gasteiger partial charge is 0.356 e. The summed E-state index contributed by atoms with van der Waals surface area (Å²) >= 11 is 0. The molecule has 0 atom stereocenters. The van der Waals surface area contributed by atoms with Gasteiger partial charge < -0.3 is 10.3 Å². The third kappa shape index (κ3) is 1.77. The standard InChI is InChI=1S/C11H14N2O/c12-7-2-1-4-9-5-3-6-10-8-13-14-11(9)10/h3,5-6,8H,1-2,4,7,12H2. The third-order valence-electron chi connectivity index (χ3n) is 2.36. The van der Waals surface area contributed by atoms with E-state index in [-0.39, 0.29) is 0 Å². The van der Waals surface area contributed by atoms with Crippen LogP contribution in [-0.2, 0) is 6.42 Å². The summed E-state index contributed by atoms with van der Waals surface area (Å²) in [4.78, 5) is 0. The molecule has 2 N–H and O–H groups in total. The summed E-state index contributed by atoms with van der Waals surface area (Å²) in [5.74, 6) is 0. The average Bonchev–Trinajstić information content (AvgIpc) is 2.67. The number of fused-ring (bicyclic) bond motifs is 1. The third-order valence-corrected chi connectivity index (χ3v) is 2.36. The maximum Gasteiger partial charge on any atom is 0.170 e. The minimum absolute atomic E-state index is 0.756. The van der Waals surface area contributed by atoms with Crippen molar-refractivity contribution in [2.75, 3.05) is 6.54 Å². The molecule has 0 spiro atoms. The van der Waals surface area contributed by atoms with Crippen LogP contribution in [0.15, 0.2) is 28.9 Å². The van der Waals surface area contributed by atoms with Crippen LogP contribution in [0.1, 0.15) is 18.4 Å². The molecule has 0 saturated heterocycles. The number of para-hydroxylation sites is 1. The molecule has 0 aliphatic rings. The lowest BCUT2D eigenvalue weighted by Crippen LogP contribution is -1.99. The number of aryl methyl sites for hydroxylation is 1. The number of rotatable bonds is 4. The number of benzene rings is 1. The first-order chi connectivity index (χ1) is 6.92. The van der Waals surface area contributed by atoms with Gasteiger partial charge in [0.1, 0.15) is 0 Å². The first kappa shape index (κ1) is 9.21. The van der Waals surface area contributed by atoms with Crippen molar-refractivity contribution >= 4 is 11.0 Å². The Bertz CT molecular complexity index is 408. The summed E-state index contributed by atoms with van der Waals surface area (Å²) in [7, 11) is 0. The Hall–Kier alpha value is -1.35. The highest BCUT2D eigenvalue weighted by Crippen LogP contribution is 2.19. The Morgan fingerprint density at radius 3 is 3.07 bits per heavy atom. The molecule has 0 fully saturated rings. The summed E-state index contributed by atoms with van der Waals surface area (Å²) in [6, 6.07) is 6.14. The van der Waals surface area contributed by atoms with Crippen LogP contribution in [0.4, 0.5) is 0 Å². The Labute approximate surface area is 82.9 Å². The SMILES string of the molecule is NCCCCc1cccc2cnoc12. The van der Waals surface area contributed by atoms with Gasteiger partial charge in [0.25, 0.3) is 0 Å². The number of hydrogen-bond acceptors (Lipinski definition) is 3. The van der Waals surface area contributed by atoms with E-state index in [0.717, 1.165) is 36.8 Å². The Kier molecular flexibility index (Phi) is 2.79. The van der Waals surface area contributed by atoms with E-state index in [1.807, 2.05) is 12.1 Å². The molecular formula is C11H14N2O. The molecule has 2 aromatic rings. The van der Waals surface area contributed by atoms with Gasteiger partial charge in [-0.3, -0.25) is 0 Å². The van der Waals surface area contributed by atoms with Crippen molar-refractivity contribution in [3.8, 4) is 0 Å². The number of unbranched alkanes of at least 4 members (excludes halogenated alkanes) is 1. The average molecular weight is 190 g/mol. The normalized spacial score (nSPS) is 10.9. The summed E-state index contributed by atoms with van der Waals surface area (Å²) in [5, 5.41) is 4.87. The summed E-state index contributed by atoms with van der Waals surface area (Å²) in [6.07, 6.45) is 4.94. The van der Waals surface area contributed by atoms with Crippen LogP contribution in [0.2, 0.25) is 0 Å². The molecule has 0 bridgehead atoms. The van der Waals surface area contributed by atoms with E-state index in [4.69, 9.17) is 10.3 Å². The second-order valence-corrected chi connectivity index (χ2v) is 3.41. The van der Waals surface area contributed by atoms with E-state index in [0.29, 0.717) is 0 Å². The van der Waals surface area contributed by atoms with Crippen LogP contribution < -0.4 is 5.73 Å². The lowest BCUT2D eigenvalue weighted by Gasteiger charge is -1.99. The lowest BCUT2D eigenvalue weighted by molar-refractivity contribution is 0.453. The molecule has 14 heavy (non-hydrogen) atoms. The minimum Gasteiger partial charge on any atom is -0.356 e. The molecule has 0 saturated carbocycles. The predicted molar refractivity (Wildman–Crippen MR) is 56.0 cm³/mol. The second kappa shape index (κ2) is 4.24. The molecule has 1 heterocycles. The quantitative estimate of drug-likeness (QED) is 0.751. The zero-order chi connectivity index (χ0) is 9.80. The van der Waals surface area contributed by atoms with Crippen LogP contribution in [-0.4, -0.2) is 11.7 Å². The van der Waals surface area contributed by atoms with Crippen molar-refractivity contribution in [2.45, 2.75) is 19.3 Å². The van der Waals surface area contributed by atoms with Gasteiger partial charge >= 0.3 is 0 Å². The van der Waals surface area contributed by atoms with Crippen LogP contribution in [0.5, 0.6) is 0 Å². The molecule has 3 heteroatoms. The molecule has 2 rings (SSSR count). The van der Waals surface area contributed by atoms with Crippen molar-refractivity contribution in [1.82, 2.24) is 5.16 Å². The number of nitrogens with zero attached hydrogens (tertiary/aromatic N) is 1. The van der Waals surface area contributed by atoms with Gasteiger partial charge in [0, 0.05) is 5.39 Å². The lowest BCUT2D eigenvalue weighted by atomic mass is 10.1. The summed E-state index contributed by atoms with van der Waals surface area (Å²) in [6.45, 7) is 0.756. The van der Waals surface area contributed by atoms with Crippen molar-refractivity contribution in [3.63, 3.8) is 0 Å². The highest BCUT2D eigenvalue weighted by atomic mass is 16.5. The van der Waals surface area contributed by atoms with Crippen molar-refractivity contribution in [1.29, 1.82) is 0 Å². The maximum atomic E-state index is 5.45. The number of nitrogens with two attached hydrogens (primary N) is 1. The molecule has 0 unspecified atom stereocenters. The number of hydrogen-bond donors (Lipinski definition) is 1. The fourth-order valence-electron chi connectivity index (χ4n) is 1.61. The maximum absolute atomic E-state index is 5.45. The summed E-state index contributed by atoms with van der Waals surface area (Å²) < 4.78 is 5.20. The molecular weight excluding hydrogens is 176 g/mol. The first-order valence-electron chi connectivity index (χ1n) is 4.94. The molecule has 1 aromatic carbocycles. The van der Waals surface area contributed by atoms with Gasteiger partial charge in [-0.25, -0.2) is 0 Å². The van der Waals surface area contributed by atoms with Crippen molar-refractivity contribution in [3.05, 3.63) is 30.0 Å². The van der Waals surface area contributed by atoms with Gasteiger partial charge in [-0.15, -0.1) is 0 Å². The fraction of sp³-hybridized carbons (Fsp3) is 0.364. The van der Waals surface area contributed by atoms with Gasteiger partial charge in [-0.05, 0) is 37.4 Å². The monoisotopic (exact) mass is 190 g/mol. The topological polar surface area (TPSA) is 52.0 Å². The van der Waals surface area contributed by atoms with Gasteiger partial charge in [0.05, 0.1) is 6.20 Å². The van der Waals surface area contributed by atoms with E-state index >= 15 is 0 Å². The zero-order valence-corrected chi connectivity index (χ0v) is 8.07. The molecule has 74 valence electrons. The highest BCUT2D eigenvalue weighted by Gasteiger charge is 2.03. The Balaban J connectivity index is 2.19. The van der Waals surface area contributed by atoms with Gasteiger partial charge in [0.15, 0.2) is 5.58 Å². The minimum atomic E-state index is 0.756. The molecule has 0 amide bonds. The molecule has 3 nitrogen and oxygen atoms in total.